The highest BCUT2D eigenvalue weighted by Crippen LogP contribution is 2.14. The first kappa shape index (κ1) is 19.3. The van der Waals surface area contributed by atoms with E-state index in [1.165, 1.54) is 0 Å². The fraction of sp³-hybridized carbons (Fsp3) is 0.526. The Balaban J connectivity index is 1.39. The zero-order chi connectivity index (χ0) is 19.1. The first-order valence-corrected chi connectivity index (χ1v) is 9.36. The molecule has 2 fully saturated rings. The van der Waals surface area contributed by atoms with E-state index >= 15 is 0 Å². The van der Waals surface area contributed by atoms with Crippen molar-refractivity contribution in [3.8, 4) is 0 Å². The second kappa shape index (κ2) is 9.48. The SMILES string of the molecule is O=C(C[C@@H]1NC(=O)N(Cc2ccccc2)C1=O)NCCCN1CCOCC1. The van der Waals surface area contributed by atoms with E-state index in [0.29, 0.717) is 6.54 Å². The van der Waals surface area contributed by atoms with Gasteiger partial charge in [-0.3, -0.25) is 19.4 Å². The van der Waals surface area contributed by atoms with Gasteiger partial charge in [-0.1, -0.05) is 30.3 Å². The fourth-order valence-electron chi connectivity index (χ4n) is 3.24. The molecule has 0 radical (unpaired) electrons. The molecule has 2 N–H and O–H groups in total. The van der Waals surface area contributed by atoms with E-state index in [9.17, 15) is 14.4 Å². The standard InChI is InChI=1S/C19H26N4O4/c24-17(20-7-4-8-22-9-11-27-12-10-22)13-16-18(25)23(19(26)21-16)14-15-5-2-1-3-6-15/h1-3,5-6,16H,4,7-14H2,(H,20,24)(H,21,26)/t16-/m0/s1. The smallest absolute Gasteiger partial charge is 0.325 e. The molecule has 0 aromatic heterocycles. The van der Waals surface area contributed by atoms with Crippen LogP contribution in [-0.2, 0) is 20.9 Å². The summed E-state index contributed by atoms with van der Waals surface area (Å²) >= 11 is 0. The molecule has 1 aromatic carbocycles. The number of urea groups is 1. The summed E-state index contributed by atoms with van der Waals surface area (Å²) in [5, 5.41) is 5.43. The van der Waals surface area contributed by atoms with Crippen LogP contribution in [0, 0.1) is 0 Å². The third-order valence-corrected chi connectivity index (χ3v) is 4.76. The minimum atomic E-state index is -0.791. The van der Waals surface area contributed by atoms with Gasteiger partial charge in [-0.2, -0.15) is 0 Å². The van der Waals surface area contributed by atoms with Crippen LogP contribution in [-0.4, -0.2) is 73.1 Å². The Bertz CT molecular complexity index is 661. The molecule has 8 heteroatoms. The van der Waals surface area contributed by atoms with Gasteiger partial charge in [0.15, 0.2) is 0 Å². The van der Waals surface area contributed by atoms with Gasteiger partial charge in [-0.05, 0) is 18.5 Å². The van der Waals surface area contributed by atoms with Crippen LogP contribution in [0.15, 0.2) is 30.3 Å². The van der Waals surface area contributed by atoms with Crippen molar-refractivity contribution in [2.24, 2.45) is 0 Å². The average molecular weight is 374 g/mol. The minimum absolute atomic E-state index is 0.0343. The highest BCUT2D eigenvalue weighted by molar-refractivity contribution is 6.05. The van der Waals surface area contributed by atoms with E-state index in [0.717, 1.165) is 49.7 Å². The van der Waals surface area contributed by atoms with Crippen molar-refractivity contribution >= 4 is 17.8 Å². The van der Waals surface area contributed by atoms with Crippen LogP contribution >= 0.6 is 0 Å². The monoisotopic (exact) mass is 374 g/mol. The number of hydrogen-bond donors (Lipinski definition) is 2. The summed E-state index contributed by atoms with van der Waals surface area (Å²) in [6.07, 6.45) is 0.810. The molecule has 0 unspecified atom stereocenters. The molecule has 3 rings (SSSR count). The Morgan fingerprint density at radius 1 is 1.19 bits per heavy atom. The Labute approximate surface area is 158 Å². The number of morpholine rings is 1. The summed E-state index contributed by atoms with van der Waals surface area (Å²) in [6.45, 7) is 5.04. The van der Waals surface area contributed by atoms with E-state index in [-0.39, 0.29) is 24.8 Å². The number of carbonyl (C=O) groups is 3. The molecule has 0 spiro atoms. The maximum Gasteiger partial charge on any atom is 0.325 e. The predicted octanol–water partition coefficient (Wildman–Crippen LogP) is 0.336. The number of amides is 4. The lowest BCUT2D eigenvalue weighted by Crippen LogP contribution is -2.39. The average Bonchev–Trinajstić information content (AvgIpc) is 2.94. The predicted molar refractivity (Wildman–Crippen MR) is 98.8 cm³/mol. The number of ether oxygens (including phenoxy) is 1. The molecular formula is C19H26N4O4. The number of nitrogens with zero attached hydrogens (tertiary/aromatic N) is 2. The first-order chi connectivity index (χ1) is 13.1. The second-order valence-corrected chi connectivity index (χ2v) is 6.77. The van der Waals surface area contributed by atoms with Gasteiger partial charge in [0.05, 0.1) is 26.2 Å². The lowest BCUT2D eigenvalue weighted by molar-refractivity contribution is -0.131. The van der Waals surface area contributed by atoms with Crippen molar-refractivity contribution in [3.05, 3.63) is 35.9 Å². The van der Waals surface area contributed by atoms with Crippen molar-refractivity contribution in [1.82, 2.24) is 20.4 Å². The highest BCUT2D eigenvalue weighted by atomic mass is 16.5. The quantitative estimate of drug-likeness (QED) is 0.506. The van der Waals surface area contributed by atoms with Crippen LogP contribution < -0.4 is 10.6 Å². The zero-order valence-corrected chi connectivity index (χ0v) is 15.4. The van der Waals surface area contributed by atoms with Crippen molar-refractivity contribution in [3.63, 3.8) is 0 Å². The van der Waals surface area contributed by atoms with Crippen LogP contribution in [0.1, 0.15) is 18.4 Å². The number of carbonyl (C=O) groups excluding carboxylic acids is 3. The lowest BCUT2D eigenvalue weighted by Gasteiger charge is -2.26. The van der Waals surface area contributed by atoms with Gasteiger partial charge in [-0.15, -0.1) is 0 Å². The Kier molecular flexibility index (Phi) is 6.78. The number of imide groups is 1. The molecule has 27 heavy (non-hydrogen) atoms. The summed E-state index contributed by atoms with van der Waals surface area (Å²) in [7, 11) is 0. The number of rotatable bonds is 8. The van der Waals surface area contributed by atoms with E-state index in [1.807, 2.05) is 30.3 Å². The largest absolute Gasteiger partial charge is 0.379 e. The van der Waals surface area contributed by atoms with Crippen LogP contribution in [0.3, 0.4) is 0 Å². The number of hydrogen-bond acceptors (Lipinski definition) is 5. The van der Waals surface area contributed by atoms with Crippen LogP contribution in [0.2, 0.25) is 0 Å². The Hall–Kier alpha value is -2.45. The maximum absolute atomic E-state index is 12.4. The normalized spacial score (nSPS) is 20.6. The first-order valence-electron chi connectivity index (χ1n) is 9.36. The third-order valence-electron chi connectivity index (χ3n) is 4.76. The van der Waals surface area contributed by atoms with Gasteiger partial charge in [0, 0.05) is 19.6 Å². The van der Waals surface area contributed by atoms with Crippen LogP contribution in [0.5, 0.6) is 0 Å². The molecule has 2 heterocycles. The van der Waals surface area contributed by atoms with Crippen molar-refractivity contribution in [1.29, 1.82) is 0 Å². The van der Waals surface area contributed by atoms with Crippen molar-refractivity contribution < 1.29 is 19.1 Å². The Morgan fingerprint density at radius 3 is 2.67 bits per heavy atom. The van der Waals surface area contributed by atoms with Crippen molar-refractivity contribution in [2.75, 3.05) is 39.4 Å². The molecule has 0 bridgehead atoms. The van der Waals surface area contributed by atoms with Gasteiger partial charge in [-0.25, -0.2) is 4.79 Å². The highest BCUT2D eigenvalue weighted by Gasteiger charge is 2.38. The number of benzene rings is 1. The van der Waals surface area contributed by atoms with Crippen molar-refractivity contribution in [2.45, 2.75) is 25.4 Å². The molecule has 8 nitrogen and oxygen atoms in total. The summed E-state index contributed by atoms with van der Waals surface area (Å²) in [6, 6.07) is 8.06. The topological polar surface area (TPSA) is 91.0 Å². The van der Waals surface area contributed by atoms with E-state index in [1.54, 1.807) is 0 Å². The summed E-state index contributed by atoms with van der Waals surface area (Å²) < 4.78 is 5.30. The molecular weight excluding hydrogens is 348 g/mol. The lowest BCUT2D eigenvalue weighted by atomic mass is 10.1. The molecule has 146 valence electrons. The van der Waals surface area contributed by atoms with Crippen LogP contribution in [0.25, 0.3) is 0 Å². The molecule has 1 atom stereocenters. The molecule has 2 aliphatic rings. The molecule has 1 aromatic rings. The van der Waals surface area contributed by atoms with E-state index < -0.39 is 12.1 Å². The summed E-state index contributed by atoms with van der Waals surface area (Å²) in [5.41, 5.74) is 0.870. The minimum Gasteiger partial charge on any atom is -0.379 e. The van der Waals surface area contributed by atoms with Gasteiger partial charge >= 0.3 is 6.03 Å². The fourth-order valence-corrected chi connectivity index (χ4v) is 3.24. The summed E-state index contributed by atoms with van der Waals surface area (Å²) in [5.74, 6) is -0.579. The number of nitrogens with one attached hydrogen (secondary N) is 2. The molecule has 2 aliphatic heterocycles. The zero-order valence-electron chi connectivity index (χ0n) is 15.4. The van der Waals surface area contributed by atoms with Gasteiger partial charge in [0.2, 0.25) is 5.91 Å². The Morgan fingerprint density at radius 2 is 1.93 bits per heavy atom. The van der Waals surface area contributed by atoms with Crippen LogP contribution in [0.4, 0.5) is 4.79 Å². The van der Waals surface area contributed by atoms with Gasteiger partial charge < -0.3 is 15.4 Å². The second-order valence-electron chi connectivity index (χ2n) is 6.77. The molecule has 2 saturated heterocycles. The molecule has 4 amide bonds. The van der Waals surface area contributed by atoms with E-state index in [4.69, 9.17) is 4.74 Å². The maximum atomic E-state index is 12.4. The van der Waals surface area contributed by atoms with E-state index in [2.05, 4.69) is 15.5 Å². The van der Waals surface area contributed by atoms with Gasteiger partial charge in [0.1, 0.15) is 6.04 Å². The molecule has 0 aliphatic carbocycles. The summed E-state index contributed by atoms with van der Waals surface area (Å²) in [4.78, 5) is 40.1. The third kappa shape index (κ3) is 5.51. The van der Waals surface area contributed by atoms with Gasteiger partial charge in [0.25, 0.3) is 5.91 Å². The molecule has 0 saturated carbocycles.